The summed E-state index contributed by atoms with van der Waals surface area (Å²) in [5.74, 6) is -2.82. The van der Waals surface area contributed by atoms with Crippen molar-refractivity contribution in [1.82, 2.24) is 0 Å². The van der Waals surface area contributed by atoms with Gasteiger partial charge >= 0.3 is 6.61 Å². The first-order valence-electron chi connectivity index (χ1n) is 17.5. The first-order valence-corrected chi connectivity index (χ1v) is 17.5. The van der Waals surface area contributed by atoms with Gasteiger partial charge in [0.1, 0.15) is 29.5 Å². The smallest absolute Gasteiger partial charge is 0.387 e. The Balaban J connectivity index is 1.71. The lowest BCUT2D eigenvalue weighted by Crippen LogP contribution is -2.05. The van der Waals surface area contributed by atoms with Gasteiger partial charge < -0.3 is 4.74 Å². The average molecular weight is 799 g/mol. The standard InChI is InChI=1S/C48H18F4N8O/c1-24-6-8-28(9-7-24)37-42(46(59-4)30-15-26(21-54)17-32(19-30)58-3)41-43(47(37)60-5)44(49)39-35(23-56)36(27-10-12-33(13-11-27)61-48(51)52)38(40(39)45(41)50)34(22-55)29-14-25(20-53)16-31(18-29)57-2/h6-19,48H,1H3/b38-34-,46-42?. The summed E-state index contributed by atoms with van der Waals surface area (Å²) in [6.45, 7) is 30.6. The molecule has 2 aliphatic rings. The van der Waals surface area contributed by atoms with Gasteiger partial charge in [-0.15, -0.1) is 0 Å². The number of allylic oxidation sites excluding steroid dienone is 6. The van der Waals surface area contributed by atoms with Crippen molar-refractivity contribution in [3.63, 3.8) is 0 Å². The Labute approximate surface area is 345 Å². The van der Waals surface area contributed by atoms with E-state index in [1.54, 1.807) is 31.2 Å². The van der Waals surface area contributed by atoms with Crippen molar-refractivity contribution in [3.05, 3.63) is 203 Å². The molecule has 2 aliphatic carbocycles. The summed E-state index contributed by atoms with van der Waals surface area (Å²) in [6, 6.07) is 26.7. The molecule has 0 heterocycles. The van der Waals surface area contributed by atoms with Crippen LogP contribution < -0.4 is 4.74 Å². The van der Waals surface area contributed by atoms with Crippen LogP contribution in [-0.4, -0.2) is 6.61 Å². The molecule has 0 aliphatic heterocycles. The molecule has 0 N–H and O–H groups in total. The van der Waals surface area contributed by atoms with Crippen LogP contribution in [0, 0.1) is 90.2 Å². The molecule has 9 nitrogen and oxygen atoms in total. The van der Waals surface area contributed by atoms with Gasteiger partial charge in [-0.1, -0.05) is 54.1 Å². The number of rotatable bonds is 6. The Morgan fingerprint density at radius 1 is 0.623 bits per heavy atom. The maximum atomic E-state index is 18.4. The summed E-state index contributed by atoms with van der Waals surface area (Å²) in [5, 5.41) is 41.3. The Morgan fingerprint density at radius 3 is 1.69 bits per heavy atom. The summed E-state index contributed by atoms with van der Waals surface area (Å²) >= 11 is 0. The fourth-order valence-corrected chi connectivity index (χ4v) is 7.45. The number of alkyl halides is 2. The van der Waals surface area contributed by atoms with E-state index in [1.165, 1.54) is 48.5 Å². The van der Waals surface area contributed by atoms with Crippen molar-refractivity contribution < 1.29 is 22.3 Å². The molecular formula is C48H18F4N8O. The van der Waals surface area contributed by atoms with Crippen LogP contribution in [0.4, 0.5) is 28.9 Å². The number of nitriles is 4. The Morgan fingerprint density at radius 2 is 1.16 bits per heavy atom. The summed E-state index contributed by atoms with van der Waals surface area (Å²) in [7, 11) is 0. The van der Waals surface area contributed by atoms with E-state index in [1.807, 2.05) is 24.3 Å². The van der Waals surface area contributed by atoms with Gasteiger partial charge in [0.15, 0.2) is 17.1 Å². The molecule has 0 spiro atoms. The number of ether oxygens (including phenoxy) is 1. The van der Waals surface area contributed by atoms with Gasteiger partial charge in [-0.3, -0.25) is 0 Å². The van der Waals surface area contributed by atoms with Crippen molar-refractivity contribution in [2.45, 2.75) is 13.5 Å². The summed E-state index contributed by atoms with van der Waals surface area (Å²) in [4.78, 5) is 14.2. The highest BCUT2D eigenvalue weighted by Crippen LogP contribution is 2.59. The minimum Gasteiger partial charge on any atom is -0.435 e. The number of benzene rings is 5. The van der Waals surface area contributed by atoms with Gasteiger partial charge in [0, 0.05) is 44.5 Å². The lowest BCUT2D eigenvalue weighted by Gasteiger charge is -2.18. The summed E-state index contributed by atoms with van der Waals surface area (Å²) in [6.07, 6.45) is 0. The minimum absolute atomic E-state index is 0.0184. The van der Waals surface area contributed by atoms with Crippen LogP contribution in [-0.2, 0) is 0 Å². The third kappa shape index (κ3) is 6.57. The van der Waals surface area contributed by atoms with E-state index in [4.69, 9.17) is 26.3 Å². The van der Waals surface area contributed by atoms with Crippen LogP contribution >= 0.6 is 0 Å². The van der Waals surface area contributed by atoms with Crippen LogP contribution in [0.2, 0.25) is 0 Å². The SMILES string of the molecule is [C-]#[N+]C(=C1C(c2ccc(C)cc2)=C([N+]#[C-])c2c(F)c3c(c(F)c21)/C(=C(/C#N)c1cc(C#N)cc([N+]#[C-])c1)C(c1ccc(OC(F)F)cc1)=C3C#N)c1cc(C#N)cc([N+]#[C-])c1. The molecule has 5 aromatic carbocycles. The van der Waals surface area contributed by atoms with Gasteiger partial charge in [-0.25, -0.2) is 28.2 Å². The number of nitrogens with zero attached hydrogens (tertiary/aromatic N) is 8. The molecule has 0 unspecified atom stereocenters. The van der Waals surface area contributed by atoms with Crippen molar-refractivity contribution in [1.29, 1.82) is 21.0 Å². The van der Waals surface area contributed by atoms with Crippen LogP contribution in [0.3, 0.4) is 0 Å². The van der Waals surface area contributed by atoms with Gasteiger partial charge in [0.25, 0.3) is 0 Å². The molecule has 0 saturated heterocycles. The fourth-order valence-electron chi connectivity index (χ4n) is 7.45. The minimum atomic E-state index is -3.20. The lowest BCUT2D eigenvalue weighted by atomic mass is 9.86. The van der Waals surface area contributed by atoms with Gasteiger partial charge in [-0.05, 0) is 76.7 Å². The maximum Gasteiger partial charge on any atom is 0.387 e. The van der Waals surface area contributed by atoms with E-state index in [2.05, 4.69) is 24.1 Å². The summed E-state index contributed by atoms with van der Waals surface area (Å²) in [5.41, 5.74) is -4.31. The van der Waals surface area contributed by atoms with E-state index in [-0.39, 0.29) is 78.5 Å². The van der Waals surface area contributed by atoms with E-state index in [0.717, 1.165) is 17.7 Å². The molecule has 0 fully saturated rings. The predicted octanol–water partition coefficient (Wildman–Crippen LogP) is 12.2. The topological polar surface area (TPSA) is 122 Å². The van der Waals surface area contributed by atoms with E-state index in [9.17, 15) is 29.8 Å². The molecule has 0 radical (unpaired) electrons. The second-order valence-electron chi connectivity index (χ2n) is 13.3. The molecule has 0 saturated carbocycles. The molecule has 0 atom stereocenters. The summed E-state index contributed by atoms with van der Waals surface area (Å²) < 4.78 is 67.1. The number of fused-ring (bicyclic) bond motifs is 2. The zero-order valence-electron chi connectivity index (χ0n) is 31.2. The molecule has 5 aromatic rings. The zero-order valence-corrected chi connectivity index (χ0v) is 31.2. The Hall–Kier alpha value is -9.50. The van der Waals surface area contributed by atoms with E-state index in [0.29, 0.717) is 0 Å². The number of aryl methyl sites for hydroxylation is 1. The molecule has 61 heavy (non-hydrogen) atoms. The van der Waals surface area contributed by atoms with Crippen molar-refractivity contribution in [2.24, 2.45) is 0 Å². The van der Waals surface area contributed by atoms with E-state index >= 15 is 8.78 Å². The highest BCUT2D eigenvalue weighted by Gasteiger charge is 2.44. The van der Waals surface area contributed by atoms with Crippen molar-refractivity contribution in [2.75, 3.05) is 0 Å². The first-order chi connectivity index (χ1) is 29.5. The quantitative estimate of drug-likeness (QED) is 0.0961. The van der Waals surface area contributed by atoms with Gasteiger partial charge in [-0.2, -0.15) is 29.8 Å². The number of hydrogen-bond donors (Lipinski definition) is 0. The second kappa shape index (κ2) is 15.8. The first kappa shape index (κ1) is 39.7. The van der Waals surface area contributed by atoms with Crippen molar-refractivity contribution >= 4 is 56.2 Å². The Bertz CT molecular complexity index is 3240. The van der Waals surface area contributed by atoms with Gasteiger partial charge in [0.2, 0.25) is 5.70 Å². The van der Waals surface area contributed by atoms with Crippen LogP contribution in [0.25, 0.3) is 64.2 Å². The second-order valence-corrected chi connectivity index (χ2v) is 13.3. The largest absolute Gasteiger partial charge is 0.435 e. The average Bonchev–Trinajstić information content (AvgIpc) is 3.80. The Kier molecular flexibility index (Phi) is 10.3. The zero-order chi connectivity index (χ0) is 43.7. The number of hydrogen-bond acceptors (Lipinski definition) is 5. The highest BCUT2D eigenvalue weighted by molar-refractivity contribution is 6.34. The number of halogens is 4. The fraction of sp³-hybridized carbons (Fsp3) is 0.0417. The van der Waals surface area contributed by atoms with E-state index < -0.39 is 57.3 Å². The van der Waals surface area contributed by atoms with Crippen LogP contribution in [0.5, 0.6) is 5.75 Å². The molecule has 0 bridgehead atoms. The molecular weight excluding hydrogens is 781 g/mol. The molecule has 13 heteroatoms. The highest BCUT2D eigenvalue weighted by atomic mass is 19.3. The molecule has 284 valence electrons. The predicted molar refractivity (Wildman–Crippen MR) is 217 cm³/mol. The molecule has 0 aromatic heterocycles. The van der Waals surface area contributed by atoms with Crippen molar-refractivity contribution in [3.8, 4) is 30.0 Å². The molecule has 7 rings (SSSR count). The van der Waals surface area contributed by atoms with Crippen LogP contribution in [0.1, 0.15) is 61.2 Å². The monoisotopic (exact) mass is 798 g/mol. The van der Waals surface area contributed by atoms with Crippen LogP contribution in [0.15, 0.2) is 84.9 Å². The third-order valence-electron chi connectivity index (χ3n) is 9.91. The lowest BCUT2D eigenvalue weighted by molar-refractivity contribution is -0.0498. The normalized spacial score (nSPS) is 13.9. The maximum absolute atomic E-state index is 18.4. The third-order valence-corrected chi connectivity index (χ3v) is 9.91. The molecule has 0 amide bonds. The van der Waals surface area contributed by atoms with Gasteiger partial charge in [0.05, 0.1) is 49.6 Å².